The second-order valence-electron chi connectivity index (χ2n) is 4.63. The largest absolute Gasteiger partial charge is 0.308 e. The van der Waals surface area contributed by atoms with Crippen molar-refractivity contribution in [1.29, 1.82) is 0 Å². The molecule has 1 aliphatic heterocycles. The molecule has 7 nitrogen and oxygen atoms in total. The lowest BCUT2D eigenvalue weighted by atomic mass is 10.2. The molecule has 2 rings (SSSR count). The Kier molecular flexibility index (Phi) is 4.35. The fraction of sp³-hybridized carbons (Fsp3) is 0.545. The number of piperazine rings is 1. The van der Waals surface area contributed by atoms with Crippen LogP contribution < -0.4 is 11.3 Å². The molecule has 19 heavy (non-hydrogen) atoms. The number of hydrogen-bond donors (Lipinski definition) is 2. The molecule has 0 unspecified atom stereocenters. The molecule has 2 heterocycles. The van der Waals surface area contributed by atoms with E-state index >= 15 is 0 Å². The van der Waals surface area contributed by atoms with Crippen molar-refractivity contribution < 1.29 is 8.42 Å². The Hall–Kier alpha value is -1.22. The lowest BCUT2D eigenvalue weighted by molar-refractivity contribution is 0.182. The highest BCUT2D eigenvalue weighted by atomic mass is 32.2. The normalized spacial score (nSPS) is 18.4. The van der Waals surface area contributed by atoms with Crippen LogP contribution in [-0.4, -0.2) is 55.0 Å². The van der Waals surface area contributed by atoms with Crippen molar-refractivity contribution in [3.8, 4) is 0 Å². The Bertz CT molecular complexity index is 508. The van der Waals surface area contributed by atoms with E-state index in [0.717, 1.165) is 25.2 Å². The molecule has 1 saturated heterocycles. The summed E-state index contributed by atoms with van der Waals surface area (Å²) in [5.74, 6) is 5.89. The summed E-state index contributed by atoms with van der Waals surface area (Å²) in [7, 11) is -3.06. The van der Waals surface area contributed by atoms with Gasteiger partial charge in [0.15, 0.2) is 0 Å². The Morgan fingerprint density at radius 3 is 2.47 bits per heavy atom. The van der Waals surface area contributed by atoms with Crippen LogP contribution in [0.15, 0.2) is 18.3 Å². The van der Waals surface area contributed by atoms with Crippen LogP contribution in [-0.2, 0) is 16.6 Å². The number of nitrogens with one attached hydrogen (secondary N) is 1. The highest BCUT2D eigenvalue weighted by molar-refractivity contribution is 7.88. The van der Waals surface area contributed by atoms with Gasteiger partial charge in [-0.1, -0.05) is 6.07 Å². The molecule has 0 amide bonds. The predicted molar refractivity (Wildman–Crippen MR) is 73.7 cm³/mol. The van der Waals surface area contributed by atoms with Gasteiger partial charge in [0.25, 0.3) is 0 Å². The number of hydrogen-bond acceptors (Lipinski definition) is 6. The summed E-state index contributed by atoms with van der Waals surface area (Å²) in [6.45, 7) is 3.35. The Labute approximate surface area is 113 Å². The van der Waals surface area contributed by atoms with E-state index in [9.17, 15) is 8.42 Å². The molecule has 1 aromatic rings. The minimum atomic E-state index is -3.06. The molecular formula is C11H19N5O2S. The molecule has 1 aromatic heterocycles. The number of nitrogens with two attached hydrogens (primary N) is 1. The highest BCUT2D eigenvalue weighted by Crippen LogP contribution is 2.11. The monoisotopic (exact) mass is 285 g/mol. The van der Waals surface area contributed by atoms with E-state index < -0.39 is 10.0 Å². The summed E-state index contributed by atoms with van der Waals surface area (Å²) < 4.78 is 24.3. The highest BCUT2D eigenvalue weighted by Gasteiger charge is 2.23. The van der Waals surface area contributed by atoms with E-state index in [1.807, 2.05) is 12.1 Å². The molecule has 0 aromatic carbocycles. The van der Waals surface area contributed by atoms with Gasteiger partial charge in [0.05, 0.1) is 6.26 Å². The molecule has 0 bridgehead atoms. The summed E-state index contributed by atoms with van der Waals surface area (Å²) in [5, 5.41) is 0. The van der Waals surface area contributed by atoms with E-state index in [4.69, 9.17) is 5.84 Å². The van der Waals surface area contributed by atoms with E-state index in [1.54, 1.807) is 6.20 Å². The smallest absolute Gasteiger partial charge is 0.211 e. The molecule has 0 atom stereocenters. The zero-order valence-electron chi connectivity index (χ0n) is 10.9. The maximum atomic E-state index is 11.4. The Balaban J connectivity index is 1.88. The number of anilines is 1. The number of sulfonamides is 1. The van der Waals surface area contributed by atoms with Gasteiger partial charge in [-0.05, 0) is 11.6 Å². The number of pyridine rings is 1. The number of aromatic nitrogens is 1. The summed E-state index contributed by atoms with van der Waals surface area (Å²) in [4.78, 5) is 6.36. The quantitative estimate of drug-likeness (QED) is 0.569. The van der Waals surface area contributed by atoms with Gasteiger partial charge >= 0.3 is 0 Å². The van der Waals surface area contributed by atoms with E-state index in [2.05, 4.69) is 15.3 Å². The van der Waals surface area contributed by atoms with Crippen LogP contribution >= 0.6 is 0 Å². The average Bonchev–Trinajstić information content (AvgIpc) is 2.39. The number of hydrazine groups is 1. The average molecular weight is 285 g/mol. The van der Waals surface area contributed by atoms with Gasteiger partial charge in [-0.15, -0.1) is 0 Å². The predicted octanol–water partition coefficient (Wildman–Crippen LogP) is -0.556. The van der Waals surface area contributed by atoms with Gasteiger partial charge < -0.3 is 5.43 Å². The van der Waals surface area contributed by atoms with Gasteiger partial charge in [-0.25, -0.2) is 19.2 Å². The lowest BCUT2D eigenvalue weighted by Crippen LogP contribution is -2.47. The van der Waals surface area contributed by atoms with Crippen molar-refractivity contribution in [2.75, 3.05) is 37.9 Å². The molecule has 1 aliphatic rings. The Morgan fingerprint density at radius 1 is 1.32 bits per heavy atom. The molecule has 1 fully saturated rings. The maximum absolute atomic E-state index is 11.4. The summed E-state index contributed by atoms with van der Waals surface area (Å²) in [6, 6.07) is 3.78. The van der Waals surface area contributed by atoms with Crippen molar-refractivity contribution in [2.45, 2.75) is 6.54 Å². The van der Waals surface area contributed by atoms with E-state index in [1.165, 1.54) is 10.6 Å². The second kappa shape index (κ2) is 5.83. The van der Waals surface area contributed by atoms with Crippen LogP contribution in [0.25, 0.3) is 0 Å². The standard InChI is InChI=1S/C11H19N5O2S/c1-19(17,18)16-6-4-15(5-7-16)9-10-2-3-11(14-12)13-8-10/h2-3,8H,4-7,9,12H2,1H3,(H,13,14). The van der Waals surface area contributed by atoms with Crippen LogP contribution in [0.5, 0.6) is 0 Å². The first-order valence-electron chi connectivity index (χ1n) is 6.08. The van der Waals surface area contributed by atoms with Gasteiger partial charge in [-0.3, -0.25) is 4.90 Å². The first kappa shape index (κ1) is 14.2. The molecule has 0 saturated carbocycles. The van der Waals surface area contributed by atoms with Gasteiger partial charge in [0.2, 0.25) is 10.0 Å². The minimum Gasteiger partial charge on any atom is -0.308 e. The second-order valence-corrected chi connectivity index (χ2v) is 6.62. The number of nitrogens with zero attached hydrogens (tertiary/aromatic N) is 3. The van der Waals surface area contributed by atoms with Crippen LogP contribution in [0, 0.1) is 0 Å². The minimum absolute atomic E-state index is 0.550. The number of rotatable bonds is 4. The molecule has 0 radical (unpaired) electrons. The van der Waals surface area contributed by atoms with Crippen molar-refractivity contribution in [1.82, 2.24) is 14.2 Å². The third kappa shape index (κ3) is 3.87. The fourth-order valence-electron chi connectivity index (χ4n) is 2.08. The van der Waals surface area contributed by atoms with Crippen molar-refractivity contribution >= 4 is 15.8 Å². The van der Waals surface area contributed by atoms with Crippen LogP contribution in [0.4, 0.5) is 5.82 Å². The van der Waals surface area contributed by atoms with Crippen molar-refractivity contribution in [3.05, 3.63) is 23.9 Å². The SMILES string of the molecule is CS(=O)(=O)N1CCN(Cc2ccc(NN)nc2)CC1. The lowest BCUT2D eigenvalue weighted by Gasteiger charge is -2.33. The zero-order chi connectivity index (χ0) is 13.9. The molecule has 0 aliphatic carbocycles. The third-order valence-corrected chi connectivity index (χ3v) is 4.48. The first-order valence-corrected chi connectivity index (χ1v) is 7.93. The molecule has 8 heteroatoms. The summed E-state index contributed by atoms with van der Waals surface area (Å²) in [6.07, 6.45) is 3.03. The fourth-order valence-corrected chi connectivity index (χ4v) is 2.91. The van der Waals surface area contributed by atoms with Crippen molar-refractivity contribution in [3.63, 3.8) is 0 Å². The maximum Gasteiger partial charge on any atom is 0.211 e. The molecule has 0 spiro atoms. The van der Waals surface area contributed by atoms with Gasteiger partial charge in [0, 0.05) is 38.9 Å². The Morgan fingerprint density at radius 2 is 2.00 bits per heavy atom. The van der Waals surface area contributed by atoms with Crippen molar-refractivity contribution in [2.24, 2.45) is 5.84 Å². The summed E-state index contributed by atoms with van der Waals surface area (Å²) in [5.41, 5.74) is 3.57. The third-order valence-electron chi connectivity index (χ3n) is 3.18. The van der Waals surface area contributed by atoms with Crippen LogP contribution in [0.1, 0.15) is 5.56 Å². The summed E-state index contributed by atoms with van der Waals surface area (Å²) >= 11 is 0. The molecule has 106 valence electrons. The van der Waals surface area contributed by atoms with E-state index in [0.29, 0.717) is 18.9 Å². The van der Waals surface area contributed by atoms with Crippen LogP contribution in [0.2, 0.25) is 0 Å². The topological polar surface area (TPSA) is 91.6 Å². The van der Waals surface area contributed by atoms with Gasteiger partial charge in [-0.2, -0.15) is 4.31 Å². The zero-order valence-corrected chi connectivity index (χ0v) is 11.7. The van der Waals surface area contributed by atoms with Gasteiger partial charge in [0.1, 0.15) is 5.82 Å². The molecule has 3 N–H and O–H groups in total. The van der Waals surface area contributed by atoms with Crippen LogP contribution in [0.3, 0.4) is 0 Å². The number of nitrogen functional groups attached to an aromatic ring is 1. The first-order chi connectivity index (χ1) is 8.99. The molecular weight excluding hydrogens is 266 g/mol. The van der Waals surface area contributed by atoms with E-state index in [-0.39, 0.29) is 0 Å².